The molecule has 26 heavy (non-hydrogen) atoms. The second-order valence-electron chi connectivity index (χ2n) is 6.33. The summed E-state index contributed by atoms with van der Waals surface area (Å²) < 4.78 is 55.2. The first-order valence-corrected chi connectivity index (χ1v) is 8.01. The Morgan fingerprint density at radius 3 is 2.38 bits per heavy atom. The summed E-state index contributed by atoms with van der Waals surface area (Å²) in [6, 6.07) is 4.73. The van der Waals surface area contributed by atoms with Crippen LogP contribution in [0.5, 0.6) is 0 Å². The number of hydrogen-bond acceptors (Lipinski definition) is 4. The molecule has 10 heteroatoms. The largest absolute Gasteiger partial charge is 0.435 e. The van der Waals surface area contributed by atoms with Gasteiger partial charge in [0.2, 0.25) is 0 Å². The average Bonchev–Trinajstić information content (AvgIpc) is 2.98. The van der Waals surface area contributed by atoms with Crippen molar-refractivity contribution in [2.75, 3.05) is 13.1 Å². The highest BCUT2D eigenvalue weighted by Gasteiger charge is 2.43. The summed E-state index contributed by atoms with van der Waals surface area (Å²) in [7, 11) is 0. The minimum atomic E-state index is -4.93. The molecule has 1 aliphatic heterocycles. The summed E-state index contributed by atoms with van der Waals surface area (Å²) in [4.78, 5) is 14.0. The van der Waals surface area contributed by atoms with Crippen LogP contribution in [0.15, 0.2) is 24.3 Å². The number of rotatable bonds is 2. The number of halogens is 4. The third-order valence-corrected chi connectivity index (χ3v) is 4.07. The van der Waals surface area contributed by atoms with Crippen molar-refractivity contribution in [1.29, 1.82) is 0 Å². The standard InChI is InChI=1S/C16H17F4N5O/c1-9-7-24(8-10(2)21-9)15(26)13-14(16(18,19)20)25(23-22-13)12-6-4-3-5-11(12)17/h3-6,9-10,21H,7-8H2,1-2H3. The summed E-state index contributed by atoms with van der Waals surface area (Å²) in [6.45, 7) is 4.15. The number of amides is 1. The fraction of sp³-hybridized carbons (Fsp3) is 0.438. The summed E-state index contributed by atoms with van der Waals surface area (Å²) in [5, 5.41) is 10.0. The molecule has 0 radical (unpaired) electrons. The molecule has 3 rings (SSSR count). The molecule has 2 aromatic rings. The van der Waals surface area contributed by atoms with Crippen molar-refractivity contribution >= 4 is 5.91 Å². The minimum absolute atomic E-state index is 0.0707. The van der Waals surface area contributed by atoms with Gasteiger partial charge < -0.3 is 10.2 Å². The lowest BCUT2D eigenvalue weighted by atomic mass is 10.1. The zero-order chi connectivity index (χ0) is 19.1. The van der Waals surface area contributed by atoms with E-state index in [4.69, 9.17) is 0 Å². The molecule has 2 heterocycles. The van der Waals surface area contributed by atoms with E-state index in [9.17, 15) is 22.4 Å². The highest BCUT2D eigenvalue weighted by molar-refractivity contribution is 5.93. The van der Waals surface area contributed by atoms with E-state index in [2.05, 4.69) is 15.6 Å². The third kappa shape index (κ3) is 3.41. The van der Waals surface area contributed by atoms with E-state index in [1.165, 1.54) is 17.0 Å². The van der Waals surface area contributed by atoms with E-state index in [1.54, 1.807) is 0 Å². The molecule has 1 aliphatic rings. The molecule has 6 nitrogen and oxygen atoms in total. The van der Waals surface area contributed by atoms with Crippen LogP contribution in [0.1, 0.15) is 30.0 Å². The Morgan fingerprint density at radius 1 is 1.19 bits per heavy atom. The monoisotopic (exact) mass is 371 g/mol. The lowest BCUT2D eigenvalue weighted by Crippen LogP contribution is -2.56. The number of aromatic nitrogens is 3. The van der Waals surface area contributed by atoms with Crippen LogP contribution >= 0.6 is 0 Å². The molecule has 0 spiro atoms. The Balaban J connectivity index is 2.06. The third-order valence-electron chi connectivity index (χ3n) is 4.07. The van der Waals surface area contributed by atoms with Crippen LogP contribution in [0.3, 0.4) is 0 Å². The van der Waals surface area contributed by atoms with Gasteiger partial charge in [-0.1, -0.05) is 17.3 Å². The maximum atomic E-state index is 14.0. The van der Waals surface area contributed by atoms with Crippen molar-refractivity contribution in [3.8, 4) is 5.69 Å². The molecule has 1 amide bonds. The van der Waals surface area contributed by atoms with Crippen molar-refractivity contribution in [1.82, 2.24) is 25.2 Å². The van der Waals surface area contributed by atoms with Crippen LogP contribution in [-0.4, -0.2) is 51.0 Å². The first-order chi connectivity index (χ1) is 12.2. The molecule has 1 fully saturated rings. The number of carbonyl (C=O) groups excluding carboxylic acids is 1. The second-order valence-corrected chi connectivity index (χ2v) is 6.33. The van der Waals surface area contributed by atoms with Crippen LogP contribution in [-0.2, 0) is 6.18 Å². The Hall–Kier alpha value is -2.49. The molecule has 1 N–H and O–H groups in total. The fourth-order valence-electron chi connectivity index (χ4n) is 3.11. The number of nitrogens with one attached hydrogen (secondary N) is 1. The quantitative estimate of drug-likeness (QED) is 0.823. The Bertz CT molecular complexity index is 809. The van der Waals surface area contributed by atoms with Gasteiger partial charge in [-0.15, -0.1) is 5.10 Å². The van der Waals surface area contributed by atoms with Gasteiger partial charge in [0.1, 0.15) is 11.5 Å². The molecule has 1 saturated heterocycles. The van der Waals surface area contributed by atoms with Crippen LogP contribution in [0, 0.1) is 5.82 Å². The van der Waals surface area contributed by atoms with E-state index in [0.29, 0.717) is 4.68 Å². The lowest BCUT2D eigenvalue weighted by molar-refractivity contribution is -0.143. The van der Waals surface area contributed by atoms with Gasteiger partial charge in [0, 0.05) is 25.2 Å². The van der Waals surface area contributed by atoms with Crippen molar-refractivity contribution in [2.24, 2.45) is 0 Å². The summed E-state index contributed by atoms with van der Waals surface area (Å²) in [6.07, 6.45) is -4.93. The molecule has 140 valence electrons. The van der Waals surface area contributed by atoms with E-state index < -0.39 is 35.0 Å². The SMILES string of the molecule is CC1CN(C(=O)c2nnn(-c3ccccc3F)c2C(F)(F)F)CC(C)N1. The fourth-order valence-corrected chi connectivity index (χ4v) is 3.11. The maximum Gasteiger partial charge on any atom is 0.435 e. The van der Waals surface area contributed by atoms with Crippen LogP contribution in [0.25, 0.3) is 5.69 Å². The van der Waals surface area contributed by atoms with Gasteiger partial charge in [-0.05, 0) is 26.0 Å². The maximum absolute atomic E-state index is 14.0. The van der Waals surface area contributed by atoms with Gasteiger partial charge in [0.25, 0.3) is 5.91 Å². The number of para-hydroxylation sites is 1. The molecule has 2 unspecified atom stereocenters. The Morgan fingerprint density at radius 2 is 1.81 bits per heavy atom. The predicted octanol–water partition coefficient (Wildman–Crippen LogP) is 2.25. The molecular weight excluding hydrogens is 354 g/mol. The first-order valence-electron chi connectivity index (χ1n) is 8.01. The van der Waals surface area contributed by atoms with Gasteiger partial charge in [-0.3, -0.25) is 4.79 Å². The highest BCUT2D eigenvalue weighted by Crippen LogP contribution is 2.33. The number of nitrogens with zero attached hydrogens (tertiary/aromatic N) is 4. The number of benzene rings is 1. The normalized spacial score (nSPS) is 21.1. The van der Waals surface area contributed by atoms with E-state index in [1.807, 2.05) is 13.8 Å². The Kier molecular flexibility index (Phi) is 4.70. The van der Waals surface area contributed by atoms with Gasteiger partial charge in [0.05, 0.1) is 0 Å². The topological polar surface area (TPSA) is 63.1 Å². The summed E-state index contributed by atoms with van der Waals surface area (Å²) in [5.41, 5.74) is -2.64. The number of alkyl halides is 3. The van der Waals surface area contributed by atoms with Gasteiger partial charge in [-0.25, -0.2) is 9.07 Å². The van der Waals surface area contributed by atoms with Crippen LogP contribution in [0.4, 0.5) is 17.6 Å². The molecule has 0 saturated carbocycles. The zero-order valence-corrected chi connectivity index (χ0v) is 14.1. The summed E-state index contributed by atoms with van der Waals surface area (Å²) in [5.74, 6) is -1.77. The zero-order valence-electron chi connectivity index (χ0n) is 14.1. The number of piperazine rings is 1. The van der Waals surface area contributed by atoms with Crippen molar-refractivity contribution in [3.05, 3.63) is 41.5 Å². The van der Waals surface area contributed by atoms with Crippen LogP contribution < -0.4 is 5.32 Å². The van der Waals surface area contributed by atoms with E-state index >= 15 is 0 Å². The van der Waals surface area contributed by atoms with Gasteiger partial charge in [0.15, 0.2) is 11.4 Å². The minimum Gasteiger partial charge on any atom is -0.334 e. The highest BCUT2D eigenvalue weighted by atomic mass is 19.4. The Labute approximate surface area is 146 Å². The predicted molar refractivity (Wildman–Crippen MR) is 84.3 cm³/mol. The van der Waals surface area contributed by atoms with Crippen molar-refractivity contribution < 1.29 is 22.4 Å². The van der Waals surface area contributed by atoms with Crippen LogP contribution in [0.2, 0.25) is 0 Å². The molecular formula is C16H17F4N5O. The van der Waals surface area contributed by atoms with E-state index in [-0.39, 0.29) is 25.2 Å². The molecule has 1 aromatic heterocycles. The summed E-state index contributed by atoms with van der Waals surface area (Å²) >= 11 is 0. The van der Waals surface area contributed by atoms with Gasteiger partial charge in [-0.2, -0.15) is 13.2 Å². The van der Waals surface area contributed by atoms with Gasteiger partial charge >= 0.3 is 6.18 Å². The number of hydrogen-bond donors (Lipinski definition) is 1. The van der Waals surface area contributed by atoms with E-state index in [0.717, 1.165) is 12.1 Å². The molecule has 0 aliphatic carbocycles. The molecule has 0 bridgehead atoms. The smallest absolute Gasteiger partial charge is 0.334 e. The molecule has 2 atom stereocenters. The lowest BCUT2D eigenvalue weighted by Gasteiger charge is -2.35. The molecule has 1 aromatic carbocycles. The van der Waals surface area contributed by atoms with Crippen molar-refractivity contribution in [3.63, 3.8) is 0 Å². The first kappa shape index (κ1) is 18.3. The average molecular weight is 371 g/mol. The second kappa shape index (κ2) is 6.67. The number of carbonyl (C=O) groups is 1. The van der Waals surface area contributed by atoms with Crippen molar-refractivity contribution in [2.45, 2.75) is 32.1 Å².